The zero-order chi connectivity index (χ0) is 20.5. The van der Waals surface area contributed by atoms with Crippen molar-refractivity contribution in [1.29, 1.82) is 0 Å². The Morgan fingerprint density at radius 2 is 1.75 bits per heavy atom. The van der Waals surface area contributed by atoms with Crippen molar-refractivity contribution in [3.8, 4) is 5.75 Å². The Balaban J connectivity index is 1.73. The van der Waals surface area contributed by atoms with E-state index in [1.807, 2.05) is 25.1 Å². The summed E-state index contributed by atoms with van der Waals surface area (Å²) in [7, 11) is 0. The van der Waals surface area contributed by atoms with Crippen LogP contribution in [0.4, 0.5) is 0 Å². The van der Waals surface area contributed by atoms with Gasteiger partial charge in [-0.1, -0.05) is 53.2 Å². The van der Waals surface area contributed by atoms with Crippen molar-refractivity contribution in [3.05, 3.63) is 64.1 Å². The zero-order valence-electron chi connectivity index (χ0n) is 15.8. The number of ether oxygens (including phenoxy) is 1. The Morgan fingerprint density at radius 1 is 1.04 bits per heavy atom. The van der Waals surface area contributed by atoms with Gasteiger partial charge in [-0.2, -0.15) is 0 Å². The van der Waals surface area contributed by atoms with Crippen LogP contribution in [0.15, 0.2) is 53.0 Å². The summed E-state index contributed by atoms with van der Waals surface area (Å²) in [6, 6.07) is 14.4. The molecule has 0 saturated carbocycles. The minimum absolute atomic E-state index is 0.0183. The van der Waals surface area contributed by atoms with E-state index in [2.05, 4.69) is 26.8 Å². The Morgan fingerprint density at radius 3 is 2.39 bits per heavy atom. The Hall–Kier alpha value is -2.67. The molecule has 0 radical (unpaired) electrons. The fourth-order valence-electron chi connectivity index (χ4n) is 2.39. The molecule has 0 bridgehead atoms. The molecule has 0 saturated heterocycles. The van der Waals surface area contributed by atoms with Crippen molar-refractivity contribution < 1.29 is 19.1 Å². The fraction of sp³-hybridized carbons (Fsp3) is 0.286. The monoisotopic (exact) mass is 446 g/mol. The number of amides is 2. The highest BCUT2D eigenvalue weighted by molar-refractivity contribution is 9.10. The Kier molecular flexibility index (Phi) is 8.19. The van der Waals surface area contributed by atoms with Gasteiger partial charge in [0.2, 0.25) is 5.91 Å². The number of rotatable bonds is 8. The van der Waals surface area contributed by atoms with Crippen LogP contribution in [0, 0.1) is 0 Å². The van der Waals surface area contributed by atoms with Gasteiger partial charge in [-0.25, -0.2) is 0 Å². The number of ketones is 1. The summed E-state index contributed by atoms with van der Waals surface area (Å²) < 4.78 is 6.35. The SMILES string of the molecule is CCc1ccc(C(=O)CCC(=O)NNC(=O)C(C)Oc2cccc(Br)c2)cc1. The fourth-order valence-corrected chi connectivity index (χ4v) is 2.77. The number of aryl methyl sites for hydroxylation is 1. The highest BCUT2D eigenvalue weighted by atomic mass is 79.9. The highest BCUT2D eigenvalue weighted by Gasteiger charge is 2.16. The van der Waals surface area contributed by atoms with Crippen LogP contribution in [0.5, 0.6) is 5.75 Å². The molecular formula is C21H23BrN2O4. The normalized spacial score (nSPS) is 11.4. The number of hydrazine groups is 1. The van der Waals surface area contributed by atoms with Gasteiger partial charge in [0.15, 0.2) is 11.9 Å². The van der Waals surface area contributed by atoms with Crippen LogP contribution in [0.25, 0.3) is 0 Å². The van der Waals surface area contributed by atoms with Crippen LogP contribution in [0.3, 0.4) is 0 Å². The Labute approximate surface area is 172 Å². The predicted octanol–water partition coefficient (Wildman–Crippen LogP) is 3.59. The molecule has 2 rings (SSSR count). The van der Waals surface area contributed by atoms with E-state index in [0.717, 1.165) is 16.5 Å². The molecule has 0 spiro atoms. The molecule has 0 fully saturated rings. The van der Waals surface area contributed by atoms with E-state index in [4.69, 9.17) is 4.74 Å². The van der Waals surface area contributed by atoms with Crippen molar-refractivity contribution in [3.63, 3.8) is 0 Å². The minimum Gasteiger partial charge on any atom is -0.481 e. The quantitative estimate of drug-likeness (QED) is 0.479. The maximum Gasteiger partial charge on any atom is 0.279 e. The van der Waals surface area contributed by atoms with Crippen LogP contribution in [0.1, 0.15) is 42.6 Å². The van der Waals surface area contributed by atoms with Gasteiger partial charge in [0.1, 0.15) is 5.75 Å². The van der Waals surface area contributed by atoms with Crippen molar-refractivity contribution in [1.82, 2.24) is 10.9 Å². The van der Waals surface area contributed by atoms with E-state index in [9.17, 15) is 14.4 Å². The van der Waals surface area contributed by atoms with Gasteiger partial charge in [0, 0.05) is 22.9 Å². The lowest BCUT2D eigenvalue weighted by atomic mass is 10.0. The first kappa shape index (κ1) is 21.6. The summed E-state index contributed by atoms with van der Waals surface area (Å²) in [5.41, 5.74) is 6.34. The summed E-state index contributed by atoms with van der Waals surface area (Å²) in [4.78, 5) is 36.0. The molecule has 1 atom stereocenters. The third-order valence-electron chi connectivity index (χ3n) is 4.07. The molecular weight excluding hydrogens is 424 g/mol. The average Bonchev–Trinajstić information content (AvgIpc) is 2.70. The van der Waals surface area contributed by atoms with Crippen LogP contribution in [-0.4, -0.2) is 23.7 Å². The van der Waals surface area contributed by atoms with Crippen LogP contribution in [0.2, 0.25) is 0 Å². The smallest absolute Gasteiger partial charge is 0.279 e. The minimum atomic E-state index is -0.798. The van der Waals surface area contributed by atoms with E-state index < -0.39 is 17.9 Å². The van der Waals surface area contributed by atoms with Crippen molar-refractivity contribution in [2.24, 2.45) is 0 Å². The van der Waals surface area contributed by atoms with E-state index >= 15 is 0 Å². The highest BCUT2D eigenvalue weighted by Crippen LogP contribution is 2.18. The van der Waals surface area contributed by atoms with Crippen LogP contribution >= 0.6 is 15.9 Å². The number of carbonyl (C=O) groups is 3. The third-order valence-corrected chi connectivity index (χ3v) is 4.56. The second kappa shape index (κ2) is 10.6. The molecule has 0 aromatic heterocycles. The summed E-state index contributed by atoms with van der Waals surface area (Å²) >= 11 is 3.33. The molecule has 0 aliphatic carbocycles. The van der Waals surface area contributed by atoms with Gasteiger partial charge in [-0.05, 0) is 37.1 Å². The molecule has 7 heteroatoms. The van der Waals surface area contributed by atoms with Gasteiger partial charge in [0.25, 0.3) is 5.91 Å². The molecule has 0 aliphatic rings. The number of hydrogen-bond donors (Lipinski definition) is 2. The van der Waals surface area contributed by atoms with Gasteiger partial charge in [-0.3, -0.25) is 25.2 Å². The standard InChI is InChI=1S/C21H23BrN2O4/c1-3-15-7-9-16(10-8-15)19(25)11-12-20(26)23-24-21(27)14(2)28-18-6-4-5-17(22)13-18/h4-10,13-14H,3,11-12H2,1-2H3,(H,23,26)(H,24,27). The summed E-state index contributed by atoms with van der Waals surface area (Å²) in [5.74, 6) is -0.519. The first-order chi connectivity index (χ1) is 13.4. The number of halogens is 1. The number of benzene rings is 2. The van der Waals surface area contributed by atoms with Crippen molar-refractivity contribution in [2.45, 2.75) is 39.2 Å². The molecule has 2 amide bonds. The molecule has 6 nitrogen and oxygen atoms in total. The average molecular weight is 447 g/mol. The second-order valence-electron chi connectivity index (χ2n) is 6.23. The summed E-state index contributed by atoms with van der Waals surface area (Å²) in [6.45, 7) is 3.62. The maximum atomic E-state index is 12.1. The van der Waals surface area contributed by atoms with Crippen LogP contribution in [-0.2, 0) is 16.0 Å². The lowest BCUT2D eigenvalue weighted by Crippen LogP contribution is -2.47. The van der Waals surface area contributed by atoms with Crippen molar-refractivity contribution >= 4 is 33.5 Å². The van der Waals surface area contributed by atoms with Gasteiger partial charge in [-0.15, -0.1) is 0 Å². The first-order valence-electron chi connectivity index (χ1n) is 9.02. The molecule has 1 unspecified atom stereocenters. The zero-order valence-corrected chi connectivity index (χ0v) is 17.4. The largest absolute Gasteiger partial charge is 0.481 e. The predicted molar refractivity (Wildman–Crippen MR) is 110 cm³/mol. The Bertz CT molecular complexity index is 837. The number of carbonyl (C=O) groups excluding carboxylic acids is 3. The molecule has 2 N–H and O–H groups in total. The van der Waals surface area contributed by atoms with E-state index in [1.165, 1.54) is 0 Å². The number of Topliss-reactive ketones (excluding diaryl/α,β-unsaturated/α-hetero) is 1. The number of nitrogens with one attached hydrogen (secondary N) is 2. The van der Waals surface area contributed by atoms with Gasteiger partial charge < -0.3 is 4.74 Å². The van der Waals surface area contributed by atoms with E-state index in [0.29, 0.717) is 11.3 Å². The topological polar surface area (TPSA) is 84.5 Å². The molecule has 28 heavy (non-hydrogen) atoms. The molecule has 0 aliphatic heterocycles. The van der Waals surface area contributed by atoms with Crippen molar-refractivity contribution in [2.75, 3.05) is 0 Å². The molecule has 148 valence electrons. The summed E-state index contributed by atoms with van der Waals surface area (Å²) in [6.07, 6.45) is 0.154. The third kappa shape index (κ3) is 6.81. The van der Waals surface area contributed by atoms with Crippen LogP contribution < -0.4 is 15.6 Å². The summed E-state index contributed by atoms with van der Waals surface area (Å²) in [5, 5.41) is 0. The molecule has 2 aromatic rings. The van der Waals surface area contributed by atoms with Gasteiger partial charge in [0.05, 0.1) is 0 Å². The molecule has 0 heterocycles. The lowest BCUT2D eigenvalue weighted by molar-refractivity contribution is -0.132. The lowest BCUT2D eigenvalue weighted by Gasteiger charge is -2.15. The first-order valence-corrected chi connectivity index (χ1v) is 9.81. The number of hydrogen-bond acceptors (Lipinski definition) is 4. The second-order valence-corrected chi connectivity index (χ2v) is 7.14. The van der Waals surface area contributed by atoms with Gasteiger partial charge >= 0.3 is 0 Å². The van der Waals surface area contributed by atoms with E-state index in [1.54, 1.807) is 37.3 Å². The maximum absolute atomic E-state index is 12.1. The van der Waals surface area contributed by atoms with E-state index in [-0.39, 0.29) is 18.6 Å². The molecule has 2 aromatic carbocycles.